The van der Waals surface area contributed by atoms with Crippen LogP contribution in [0.5, 0.6) is 5.75 Å². The Morgan fingerprint density at radius 1 is 0.818 bits per heavy atom. The van der Waals surface area contributed by atoms with E-state index < -0.39 is 11.2 Å². The van der Waals surface area contributed by atoms with E-state index in [-0.39, 0.29) is 10.1 Å². The van der Waals surface area contributed by atoms with Gasteiger partial charge in [-0.3, -0.25) is 4.79 Å². The lowest BCUT2D eigenvalue weighted by molar-refractivity contribution is 0.0826. The summed E-state index contributed by atoms with van der Waals surface area (Å²) >= 11 is 1.53. The number of hydrogen-bond donors (Lipinski definition) is 0. The van der Waals surface area contributed by atoms with Crippen molar-refractivity contribution in [1.29, 1.82) is 0 Å². The fraction of sp³-hybridized carbons (Fsp3) is 0.577. The number of rotatable bonds is 10. The fourth-order valence-corrected chi connectivity index (χ4v) is 5.08. The molecular formula is C26H38O4SSi2. The molecule has 1 heterocycles. The lowest BCUT2D eigenvalue weighted by Crippen LogP contribution is -2.34. The molecule has 4 radical (unpaired) electrons. The summed E-state index contributed by atoms with van der Waals surface area (Å²) in [4.78, 5) is 12.0. The van der Waals surface area contributed by atoms with Crippen LogP contribution in [0.4, 0.5) is 0 Å². The highest BCUT2D eigenvalue weighted by atomic mass is 32.1. The summed E-state index contributed by atoms with van der Waals surface area (Å²) in [5.74, 6) is 0.777. The molecule has 0 atom stereocenters. The van der Waals surface area contributed by atoms with Gasteiger partial charge in [0.05, 0.1) is 11.2 Å². The summed E-state index contributed by atoms with van der Waals surface area (Å²) in [6, 6.07) is 8.06. The Labute approximate surface area is 209 Å². The molecule has 0 spiro atoms. The fourth-order valence-electron chi connectivity index (χ4n) is 3.00. The molecule has 7 heteroatoms. The Hall–Kier alpha value is -1.26. The number of carbonyl (C=O) groups is 1. The number of hydrogen-bond acceptors (Lipinski definition) is 5. The van der Waals surface area contributed by atoms with Crippen molar-refractivity contribution in [3.8, 4) is 5.75 Å². The minimum absolute atomic E-state index is 0.0840. The maximum Gasteiger partial charge on any atom is 0.236 e. The van der Waals surface area contributed by atoms with E-state index in [0.29, 0.717) is 31.7 Å². The summed E-state index contributed by atoms with van der Waals surface area (Å²) < 4.78 is 19.0. The van der Waals surface area contributed by atoms with Crippen molar-refractivity contribution in [3.05, 3.63) is 51.2 Å². The van der Waals surface area contributed by atoms with E-state index in [1.807, 2.05) is 17.5 Å². The van der Waals surface area contributed by atoms with Gasteiger partial charge in [0.2, 0.25) is 19.5 Å². The molecule has 4 nitrogen and oxygen atoms in total. The molecule has 0 saturated carbocycles. The highest BCUT2D eigenvalue weighted by Crippen LogP contribution is 2.40. The van der Waals surface area contributed by atoms with Crippen LogP contribution in [0.15, 0.2) is 29.6 Å². The molecular weight excluding hydrogens is 465 g/mol. The summed E-state index contributed by atoms with van der Waals surface area (Å²) in [6.07, 6.45) is 0.864. The van der Waals surface area contributed by atoms with E-state index in [1.165, 1.54) is 11.3 Å². The molecule has 0 aliphatic heterocycles. The summed E-state index contributed by atoms with van der Waals surface area (Å²) in [6.45, 7) is 22.0. The molecule has 1 aromatic heterocycles. The summed E-state index contributed by atoms with van der Waals surface area (Å²) in [5, 5.41) is 2.03. The molecule has 0 amide bonds. The second kappa shape index (κ2) is 10.6. The summed E-state index contributed by atoms with van der Waals surface area (Å²) in [7, 11) is 0.730. The first-order chi connectivity index (χ1) is 15.0. The van der Waals surface area contributed by atoms with Crippen LogP contribution < -0.4 is 4.74 Å². The molecule has 0 unspecified atom stereocenters. The van der Waals surface area contributed by atoms with Crippen molar-refractivity contribution in [2.45, 2.75) is 97.1 Å². The Morgan fingerprint density at radius 3 is 1.85 bits per heavy atom. The molecule has 180 valence electrons. The monoisotopic (exact) mass is 502 g/mol. The molecule has 0 fully saturated rings. The van der Waals surface area contributed by atoms with E-state index in [0.717, 1.165) is 28.0 Å². The topological polar surface area (TPSA) is 44.8 Å². The molecule has 1 aromatic carbocycles. The predicted molar refractivity (Wildman–Crippen MR) is 140 cm³/mol. The van der Waals surface area contributed by atoms with Crippen molar-refractivity contribution in [3.63, 3.8) is 0 Å². The number of carbonyl (C=O) groups excluding carboxylic acids is 1. The van der Waals surface area contributed by atoms with Crippen LogP contribution in [0, 0.1) is 0 Å². The lowest BCUT2D eigenvalue weighted by Gasteiger charge is -2.37. The van der Waals surface area contributed by atoms with E-state index >= 15 is 0 Å². The third-order valence-electron chi connectivity index (χ3n) is 4.70. The zero-order valence-corrected chi connectivity index (χ0v) is 24.5. The van der Waals surface area contributed by atoms with Crippen LogP contribution in [0.3, 0.4) is 0 Å². The van der Waals surface area contributed by atoms with Crippen molar-refractivity contribution in [1.82, 2.24) is 0 Å². The van der Waals surface area contributed by atoms with E-state index in [4.69, 9.17) is 13.6 Å². The van der Waals surface area contributed by atoms with Crippen LogP contribution in [0.2, 0.25) is 10.1 Å². The normalized spacial score (nSPS) is 13.3. The van der Waals surface area contributed by atoms with Gasteiger partial charge in [-0.25, -0.2) is 0 Å². The molecule has 33 heavy (non-hydrogen) atoms. The van der Waals surface area contributed by atoms with Gasteiger partial charge in [-0.15, -0.1) is 11.3 Å². The molecule has 0 saturated heterocycles. The number of benzene rings is 1. The lowest BCUT2D eigenvalue weighted by atomic mass is 9.85. The average Bonchev–Trinajstić information content (AvgIpc) is 3.16. The van der Waals surface area contributed by atoms with Gasteiger partial charge in [-0.2, -0.15) is 0 Å². The Kier molecular flexibility index (Phi) is 8.96. The van der Waals surface area contributed by atoms with Gasteiger partial charge >= 0.3 is 0 Å². The van der Waals surface area contributed by atoms with Crippen molar-refractivity contribution in [2.24, 2.45) is 0 Å². The van der Waals surface area contributed by atoms with Crippen LogP contribution >= 0.6 is 11.3 Å². The third-order valence-corrected chi connectivity index (χ3v) is 8.08. The smallest absolute Gasteiger partial charge is 0.236 e. The van der Waals surface area contributed by atoms with Crippen molar-refractivity contribution in [2.75, 3.05) is 0 Å². The largest absolute Gasteiger partial charge is 0.488 e. The van der Waals surface area contributed by atoms with Crippen molar-refractivity contribution >= 4 is 37.1 Å². The predicted octanol–water partition coefficient (Wildman–Crippen LogP) is 7.32. The quantitative estimate of drug-likeness (QED) is 0.252. The van der Waals surface area contributed by atoms with Gasteiger partial charge in [0, 0.05) is 15.8 Å². The van der Waals surface area contributed by atoms with E-state index in [1.54, 1.807) is 0 Å². The number of thiophene rings is 1. The maximum atomic E-state index is 11.0. The molecule has 2 rings (SSSR count). The molecule has 0 aliphatic rings. The molecule has 0 aliphatic carbocycles. The highest BCUT2D eigenvalue weighted by Gasteiger charge is 2.34. The first-order valence-corrected chi connectivity index (χ1v) is 13.9. The number of aldehydes is 1. The first-order valence-electron chi connectivity index (χ1n) is 11.2. The Bertz CT molecular complexity index is 936. The van der Waals surface area contributed by atoms with Gasteiger partial charge in [-0.1, -0.05) is 47.6 Å². The first kappa shape index (κ1) is 28.0. The number of ether oxygens (including phenoxy) is 1. The van der Waals surface area contributed by atoms with Gasteiger partial charge < -0.3 is 13.6 Å². The van der Waals surface area contributed by atoms with Gasteiger partial charge in [0.25, 0.3) is 0 Å². The van der Waals surface area contributed by atoms with Gasteiger partial charge in [0.15, 0.2) is 6.29 Å². The Balaban J connectivity index is 2.38. The minimum Gasteiger partial charge on any atom is -0.488 e. The average molecular weight is 503 g/mol. The van der Waals surface area contributed by atoms with E-state index in [2.05, 4.69) is 81.4 Å². The second-order valence-electron chi connectivity index (χ2n) is 11.4. The zero-order chi connectivity index (χ0) is 25.1. The van der Waals surface area contributed by atoms with Crippen molar-refractivity contribution < 1.29 is 18.4 Å². The molecule has 2 aromatic rings. The maximum absolute atomic E-state index is 11.0. The highest BCUT2D eigenvalue weighted by molar-refractivity contribution is 7.10. The van der Waals surface area contributed by atoms with Crippen LogP contribution in [-0.2, 0) is 26.7 Å². The van der Waals surface area contributed by atoms with Gasteiger partial charge in [-0.05, 0) is 67.1 Å². The molecule has 0 N–H and O–H groups in total. The Morgan fingerprint density at radius 2 is 1.36 bits per heavy atom. The minimum atomic E-state index is -0.514. The van der Waals surface area contributed by atoms with Crippen LogP contribution in [0.1, 0.15) is 95.6 Å². The third kappa shape index (κ3) is 8.79. The molecule has 0 bridgehead atoms. The van der Waals surface area contributed by atoms with Crippen LogP contribution in [-0.4, -0.2) is 25.8 Å². The SMILES string of the molecule is CC(C)(C)[Si]OC(C)(C)c1ccc(OCc2cc(C=O)cs2)cc1C(C)(C)O[Si]C(C)(C)C. The standard InChI is InChI=1S/C26H38O4SSi2/c1-23(2,3)32-29-25(7,8)21-12-11-19(28-16-20-13-18(15-27)17-31-20)14-22(21)26(9,10)30-33-24(4,5)6/h11-15,17H,16H2,1-10H3. The van der Waals surface area contributed by atoms with E-state index in [9.17, 15) is 4.79 Å². The summed E-state index contributed by atoms with van der Waals surface area (Å²) in [5.41, 5.74) is 1.87. The zero-order valence-electron chi connectivity index (χ0n) is 21.7. The van der Waals surface area contributed by atoms with Gasteiger partial charge in [0.1, 0.15) is 12.4 Å². The second-order valence-corrected chi connectivity index (χ2v) is 16.2. The van der Waals surface area contributed by atoms with Crippen LogP contribution in [0.25, 0.3) is 0 Å².